The minimum Gasteiger partial charge on any atom is -0.354 e. The van der Waals surface area contributed by atoms with E-state index in [9.17, 15) is 4.79 Å². The van der Waals surface area contributed by atoms with Crippen LogP contribution in [0.1, 0.15) is 30.7 Å². The van der Waals surface area contributed by atoms with Gasteiger partial charge in [0.1, 0.15) is 5.82 Å². The number of imidazole rings is 1. The first-order valence-corrected chi connectivity index (χ1v) is 8.30. The van der Waals surface area contributed by atoms with E-state index in [0.717, 1.165) is 31.9 Å². The quantitative estimate of drug-likeness (QED) is 0.888. The van der Waals surface area contributed by atoms with Gasteiger partial charge in [-0.2, -0.15) is 0 Å². The maximum Gasteiger partial charge on any atom is 0.234 e. The lowest BCUT2D eigenvalue weighted by atomic mass is 9.96. The SMILES string of the molecule is CC[C@H](CNC(=O)CN1CCn2ccnc2C1)c1ccccc1. The van der Waals surface area contributed by atoms with Crippen LogP contribution in [0.5, 0.6) is 0 Å². The Labute approximate surface area is 137 Å². The van der Waals surface area contributed by atoms with Crippen LogP contribution in [0.3, 0.4) is 0 Å². The maximum absolute atomic E-state index is 12.2. The highest BCUT2D eigenvalue weighted by molar-refractivity contribution is 5.78. The average Bonchev–Trinajstić information content (AvgIpc) is 3.04. The lowest BCUT2D eigenvalue weighted by Crippen LogP contribution is -2.42. The van der Waals surface area contributed by atoms with Gasteiger partial charge in [0.05, 0.1) is 13.1 Å². The van der Waals surface area contributed by atoms with Crippen molar-refractivity contribution in [3.8, 4) is 0 Å². The van der Waals surface area contributed by atoms with Crippen molar-refractivity contribution in [2.24, 2.45) is 0 Å². The normalized spacial score (nSPS) is 15.9. The summed E-state index contributed by atoms with van der Waals surface area (Å²) in [6, 6.07) is 10.4. The van der Waals surface area contributed by atoms with Gasteiger partial charge in [-0.25, -0.2) is 4.98 Å². The molecule has 1 atom stereocenters. The summed E-state index contributed by atoms with van der Waals surface area (Å²) in [6.07, 6.45) is 4.84. The van der Waals surface area contributed by atoms with Gasteiger partial charge >= 0.3 is 0 Å². The first-order chi connectivity index (χ1) is 11.3. The molecule has 0 spiro atoms. The Morgan fingerprint density at radius 1 is 1.30 bits per heavy atom. The second-order valence-electron chi connectivity index (χ2n) is 6.07. The minimum atomic E-state index is 0.0967. The fourth-order valence-corrected chi connectivity index (χ4v) is 3.08. The molecule has 1 amide bonds. The van der Waals surface area contributed by atoms with Crippen LogP contribution in [-0.4, -0.2) is 40.0 Å². The lowest BCUT2D eigenvalue weighted by Gasteiger charge is -2.27. The van der Waals surface area contributed by atoms with E-state index in [2.05, 4.69) is 51.0 Å². The molecule has 23 heavy (non-hydrogen) atoms. The molecule has 0 aliphatic carbocycles. The molecule has 0 bridgehead atoms. The third kappa shape index (κ3) is 3.99. The Balaban J connectivity index is 1.48. The third-order valence-corrected chi connectivity index (χ3v) is 4.50. The third-order valence-electron chi connectivity index (χ3n) is 4.50. The highest BCUT2D eigenvalue weighted by Crippen LogP contribution is 2.18. The van der Waals surface area contributed by atoms with Gasteiger partial charge in [0.25, 0.3) is 0 Å². The maximum atomic E-state index is 12.2. The highest BCUT2D eigenvalue weighted by Gasteiger charge is 2.19. The zero-order valence-corrected chi connectivity index (χ0v) is 13.6. The van der Waals surface area contributed by atoms with Crippen LogP contribution in [0.4, 0.5) is 0 Å². The number of fused-ring (bicyclic) bond motifs is 1. The van der Waals surface area contributed by atoms with Crippen molar-refractivity contribution in [2.75, 3.05) is 19.6 Å². The molecule has 0 radical (unpaired) electrons. The molecule has 0 saturated heterocycles. The van der Waals surface area contributed by atoms with Crippen LogP contribution in [-0.2, 0) is 17.9 Å². The fraction of sp³-hybridized carbons (Fsp3) is 0.444. The molecule has 1 aromatic heterocycles. The summed E-state index contributed by atoms with van der Waals surface area (Å²) in [5.74, 6) is 1.51. The predicted octanol–water partition coefficient (Wildman–Crippen LogP) is 2.01. The number of rotatable bonds is 6. The zero-order valence-electron chi connectivity index (χ0n) is 13.6. The molecule has 122 valence electrons. The van der Waals surface area contributed by atoms with Gasteiger partial charge in [-0.3, -0.25) is 9.69 Å². The van der Waals surface area contributed by atoms with E-state index in [0.29, 0.717) is 19.0 Å². The molecule has 1 aliphatic rings. The number of hydrogen-bond acceptors (Lipinski definition) is 3. The van der Waals surface area contributed by atoms with Crippen molar-refractivity contribution in [3.05, 3.63) is 54.1 Å². The fourth-order valence-electron chi connectivity index (χ4n) is 3.08. The summed E-state index contributed by atoms with van der Waals surface area (Å²) >= 11 is 0. The van der Waals surface area contributed by atoms with Gasteiger partial charge in [0.15, 0.2) is 0 Å². The molecule has 3 rings (SSSR count). The molecule has 5 heteroatoms. The van der Waals surface area contributed by atoms with Gasteiger partial charge in [-0.05, 0) is 12.0 Å². The monoisotopic (exact) mass is 312 g/mol. The molecule has 1 aromatic carbocycles. The van der Waals surface area contributed by atoms with Gasteiger partial charge in [-0.15, -0.1) is 0 Å². The number of aromatic nitrogens is 2. The van der Waals surface area contributed by atoms with Crippen molar-refractivity contribution in [3.63, 3.8) is 0 Å². The molecular weight excluding hydrogens is 288 g/mol. The van der Waals surface area contributed by atoms with Crippen molar-refractivity contribution < 1.29 is 4.79 Å². The highest BCUT2D eigenvalue weighted by atomic mass is 16.2. The minimum absolute atomic E-state index is 0.0967. The summed E-state index contributed by atoms with van der Waals surface area (Å²) in [6.45, 7) is 5.85. The van der Waals surface area contributed by atoms with Gasteiger partial charge in [0.2, 0.25) is 5.91 Å². The molecule has 0 unspecified atom stereocenters. The molecule has 1 aliphatic heterocycles. The Morgan fingerprint density at radius 2 is 2.13 bits per heavy atom. The summed E-state index contributed by atoms with van der Waals surface area (Å²) in [5.41, 5.74) is 1.29. The molecular formula is C18H24N4O. The smallest absolute Gasteiger partial charge is 0.234 e. The number of carbonyl (C=O) groups excluding carboxylic acids is 1. The predicted molar refractivity (Wildman–Crippen MR) is 90.0 cm³/mol. The van der Waals surface area contributed by atoms with Crippen molar-refractivity contribution in [1.82, 2.24) is 19.8 Å². The van der Waals surface area contributed by atoms with E-state index in [-0.39, 0.29) is 5.91 Å². The van der Waals surface area contributed by atoms with Crippen LogP contribution in [0.15, 0.2) is 42.7 Å². The van der Waals surface area contributed by atoms with E-state index in [1.807, 2.05) is 18.5 Å². The summed E-state index contributed by atoms with van der Waals surface area (Å²) in [7, 11) is 0. The molecule has 5 nitrogen and oxygen atoms in total. The molecule has 0 fully saturated rings. The first-order valence-electron chi connectivity index (χ1n) is 8.30. The summed E-state index contributed by atoms with van der Waals surface area (Å²) < 4.78 is 2.15. The topological polar surface area (TPSA) is 50.2 Å². The van der Waals surface area contributed by atoms with Crippen molar-refractivity contribution >= 4 is 5.91 Å². The van der Waals surface area contributed by atoms with Crippen LogP contribution in [0.2, 0.25) is 0 Å². The van der Waals surface area contributed by atoms with Crippen molar-refractivity contribution in [2.45, 2.75) is 32.4 Å². The van der Waals surface area contributed by atoms with Crippen molar-refractivity contribution in [1.29, 1.82) is 0 Å². The number of amides is 1. The Kier molecular flexibility index (Phi) is 5.08. The Morgan fingerprint density at radius 3 is 2.91 bits per heavy atom. The standard InChI is InChI=1S/C18H24N4O/c1-2-15(16-6-4-3-5-7-16)12-20-18(23)14-21-10-11-22-9-8-19-17(22)13-21/h3-9,15H,2,10-14H2,1H3,(H,20,23)/t15-/m1/s1. The number of nitrogens with zero attached hydrogens (tertiary/aromatic N) is 3. The average molecular weight is 312 g/mol. The second-order valence-corrected chi connectivity index (χ2v) is 6.07. The molecule has 1 N–H and O–H groups in total. The number of nitrogens with one attached hydrogen (secondary N) is 1. The number of carbonyl (C=O) groups is 1. The van der Waals surface area contributed by atoms with Gasteiger partial charge in [-0.1, -0.05) is 37.3 Å². The Bertz CT molecular complexity index is 637. The Hall–Kier alpha value is -2.14. The van der Waals surface area contributed by atoms with E-state index in [1.165, 1.54) is 5.56 Å². The molecule has 2 aromatic rings. The number of hydrogen-bond donors (Lipinski definition) is 1. The van der Waals surface area contributed by atoms with Crippen LogP contribution < -0.4 is 5.32 Å². The largest absolute Gasteiger partial charge is 0.354 e. The van der Waals surface area contributed by atoms with E-state index >= 15 is 0 Å². The van der Waals surface area contributed by atoms with E-state index < -0.39 is 0 Å². The second kappa shape index (κ2) is 7.42. The summed E-state index contributed by atoms with van der Waals surface area (Å²) in [5, 5.41) is 3.09. The van der Waals surface area contributed by atoms with Gasteiger partial charge in [0, 0.05) is 37.9 Å². The molecule has 2 heterocycles. The van der Waals surface area contributed by atoms with Crippen LogP contribution in [0, 0.1) is 0 Å². The molecule has 0 saturated carbocycles. The summed E-state index contributed by atoms with van der Waals surface area (Å²) in [4.78, 5) is 18.7. The number of benzene rings is 1. The first kappa shape index (κ1) is 15.7. The van der Waals surface area contributed by atoms with Gasteiger partial charge < -0.3 is 9.88 Å². The van der Waals surface area contributed by atoms with Crippen LogP contribution >= 0.6 is 0 Å². The lowest BCUT2D eigenvalue weighted by molar-refractivity contribution is -0.122. The van der Waals surface area contributed by atoms with Crippen LogP contribution in [0.25, 0.3) is 0 Å². The van der Waals surface area contributed by atoms with E-state index in [1.54, 1.807) is 0 Å². The zero-order chi connectivity index (χ0) is 16.1. The van der Waals surface area contributed by atoms with E-state index in [4.69, 9.17) is 0 Å².